The summed E-state index contributed by atoms with van der Waals surface area (Å²) in [5.74, 6) is 0. The zero-order valence-electron chi connectivity index (χ0n) is 18.1. The maximum absolute atomic E-state index is 11.7. The summed E-state index contributed by atoms with van der Waals surface area (Å²) in [4.78, 5) is 8.54. The third kappa shape index (κ3) is 4.75. The van der Waals surface area contributed by atoms with Gasteiger partial charge in [0.05, 0.1) is 28.7 Å². The lowest BCUT2D eigenvalue weighted by atomic mass is 10.0. The molecule has 0 aliphatic heterocycles. The number of benzene rings is 2. The molecule has 0 saturated heterocycles. The lowest BCUT2D eigenvalue weighted by molar-refractivity contribution is 0.607. The first-order valence-corrected chi connectivity index (χ1v) is 12.2. The van der Waals surface area contributed by atoms with Crippen LogP contribution in [0.3, 0.4) is 0 Å². The van der Waals surface area contributed by atoms with Gasteiger partial charge in [0.2, 0.25) is 10.0 Å². The van der Waals surface area contributed by atoms with E-state index >= 15 is 0 Å². The van der Waals surface area contributed by atoms with Crippen LogP contribution in [0.2, 0.25) is 5.15 Å². The Morgan fingerprint density at radius 2 is 1.79 bits per heavy atom. The van der Waals surface area contributed by atoms with Crippen molar-refractivity contribution in [2.75, 3.05) is 16.3 Å². The van der Waals surface area contributed by atoms with Crippen LogP contribution in [0, 0.1) is 25.2 Å². The van der Waals surface area contributed by atoms with E-state index in [1.165, 1.54) is 0 Å². The van der Waals surface area contributed by atoms with Crippen molar-refractivity contribution in [3.8, 4) is 17.2 Å². The van der Waals surface area contributed by atoms with Gasteiger partial charge in [0.15, 0.2) is 5.15 Å². The molecule has 4 rings (SSSR count). The van der Waals surface area contributed by atoms with Crippen molar-refractivity contribution >= 4 is 49.6 Å². The Morgan fingerprint density at radius 3 is 2.52 bits per heavy atom. The highest BCUT2D eigenvalue weighted by atomic mass is 35.5. The van der Waals surface area contributed by atoms with Gasteiger partial charge in [0.1, 0.15) is 6.07 Å². The molecule has 2 heterocycles. The van der Waals surface area contributed by atoms with Crippen LogP contribution in [0.1, 0.15) is 16.7 Å². The minimum Gasteiger partial charge on any atom is -0.354 e. The number of halogens is 1. The van der Waals surface area contributed by atoms with Gasteiger partial charge in [0.25, 0.3) is 0 Å². The molecule has 2 aromatic heterocycles. The number of hydrogen-bond acceptors (Lipinski definition) is 6. The number of rotatable bonds is 5. The molecule has 0 spiro atoms. The van der Waals surface area contributed by atoms with E-state index in [4.69, 9.17) is 11.6 Å². The van der Waals surface area contributed by atoms with Crippen LogP contribution in [0.5, 0.6) is 0 Å². The fourth-order valence-corrected chi connectivity index (χ4v) is 4.25. The van der Waals surface area contributed by atoms with Gasteiger partial charge in [-0.25, -0.2) is 13.4 Å². The molecule has 9 heteroatoms. The summed E-state index contributed by atoms with van der Waals surface area (Å²) in [6.45, 7) is 4.05. The van der Waals surface area contributed by atoms with Crippen LogP contribution in [-0.2, 0) is 10.0 Å². The van der Waals surface area contributed by atoms with Gasteiger partial charge in [-0.15, -0.1) is 0 Å². The third-order valence-corrected chi connectivity index (χ3v) is 6.21. The molecule has 0 aliphatic carbocycles. The second-order valence-corrected chi connectivity index (χ2v) is 9.81. The highest BCUT2D eigenvalue weighted by molar-refractivity contribution is 7.92. The van der Waals surface area contributed by atoms with Crippen molar-refractivity contribution in [3.63, 3.8) is 0 Å². The van der Waals surface area contributed by atoms with E-state index < -0.39 is 10.0 Å². The number of nitrogens with one attached hydrogen (secondary N) is 2. The molecule has 0 radical (unpaired) electrons. The summed E-state index contributed by atoms with van der Waals surface area (Å²) in [5, 5.41) is 13.9. The Hall–Kier alpha value is -3.67. The summed E-state index contributed by atoms with van der Waals surface area (Å²) in [7, 11) is -3.52. The zero-order chi connectivity index (χ0) is 23.8. The molecule has 0 unspecified atom stereocenters. The molecule has 2 aromatic carbocycles. The van der Waals surface area contributed by atoms with Crippen molar-refractivity contribution in [1.29, 1.82) is 5.26 Å². The monoisotopic (exact) mass is 477 g/mol. The van der Waals surface area contributed by atoms with Crippen LogP contribution in [-0.4, -0.2) is 24.6 Å². The molecule has 0 bridgehead atoms. The Labute approximate surface area is 197 Å². The lowest BCUT2D eigenvalue weighted by Gasteiger charge is -2.15. The largest absolute Gasteiger partial charge is 0.354 e. The fraction of sp³-hybridized carbons (Fsp3) is 0.125. The molecule has 0 atom stereocenters. The molecule has 2 N–H and O–H groups in total. The summed E-state index contributed by atoms with van der Waals surface area (Å²) >= 11 is 6.07. The number of pyridine rings is 2. The van der Waals surface area contributed by atoms with Crippen molar-refractivity contribution in [2.24, 2.45) is 0 Å². The highest BCUT2D eigenvalue weighted by Crippen LogP contribution is 2.34. The van der Waals surface area contributed by atoms with E-state index in [1.54, 1.807) is 18.5 Å². The maximum Gasteiger partial charge on any atom is 0.229 e. The lowest BCUT2D eigenvalue weighted by Crippen LogP contribution is -2.10. The van der Waals surface area contributed by atoms with Gasteiger partial charge < -0.3 is 5.32 Å². The first kappa shape index (κ1) is 22.5. The van der Waals surface area contributed by atoms with Crippen molar-refractivity contribution in [1.82, 2.24) is 9.97 Å². The SMILES string of the molecule is Cc1cccc(Nc2c(C#N)cnc3ccc(-c4cnc(Cl)c(NS(C)(=O)=O)c4)cc23)c1C. The van der Waals surface area contributed by atoms with Crippen LogP contribution in [0.15, 0.2) is 54.9 Å². The van der Waals surface area contributed by atoms with E-state index in [2.05, 4.69) is 26.1 Å². The molecule has 7 nitrogen and oxygen atoms in total. The molecule has 0 amide bonds. The topological polar surface area (TPSA) is 108 Å². The van der Waals surface area contributed by atoms with E-state index in [0.29, 0.717) is 22.3 Å². The highest BCUT2D eigenvalue weighted by Gasteiger charge is 2.14. The van der Waals surface area contributed by atoms with Crippen LogP contribution in [0.25, 0.3) is 22.0 Å². The number of nitrogens with zero attached hydrogens (tertiary/aromatic N) is 3. The van der Waals surface area contributed by atoms with Crippen LogP contribution >= 0.6 is 11.6 Å². The zero-order valence-corrected chi connectivity index (χ0v) is 19.7. The summed E-state index contributed by atoms with van der Waals surface area (Å²) in [5.41, 5.74) is 6.51. The normalized spacial score (nSPS) is 11.2. The predicted molar refractivity (Wildman–Crippen MR) is 132 cm³/mol. The van der Waals surface area contributed by atoms with E-state index in [1.807, 2.05) is 50.2 Å². The van der Waals surface area contributed by atoms with Gasteiger partial charge in [-0.3, -0.25) is 9.71 Å². The van der Waals surface area contributed by atoms with E-state index in [0.717, 1.165) is 34.0 Å². The van der Waals surface area contributed by atoms with E-state index in [9.17, 15) is 13.7 Å². The second kappa shape index (κ2) is 8.70. The van der Waals surface area contributed by atoms with E-state index in [-0.39, 0.29) is 10.8 Å². The molecule has 0 aliphatic rings. The summed E-state index contributed by atoms with van der Waals surface area (Å²) in [6.07, 6.45) is 4.16. The van der Waals surface area contributed by atoms with Gasteiger partial charge in [-0.1, -0.05) is 29.8 Å². The quantitative estimate of drug-likeness (QED) is 0.364. The smallest absolute Gasteiger partial charge is 0.229 e. The van der Waals surface area contributed by atoms with Gasteiger partial charge >= 0.3 is 0 Å². The third-order valence-electron chi connectivity index (χ3n) is 5.32. The Balaban J connectivity index is 1.87. The van der Waals surface area contributed by atoms with Crippen LogP contribution in [0.4, 0.5) is 17.1 Å². The molecule has 0 saturated carbocycles. The average molecular weight is 478 g/mol. The first-order valence-electron chi connectivity index (χ1n) is 9.96. The number of fused-ring (bicyclic) bond motifs is 1. The second-order valence-electron chi connectivity index (χ2n) is 7.70. The maximum atomic E-state index is 11.7. The van der Waals surface area contributed by atoms with Gasteiger partial charge in [-0.2, -0.15) is 5.26 Å². The Kier molecular flexibility index (Phi) is 5.93. The number of aromatic nitrogens is 2. The number of aryl methyl sites for hydroxylation is 1. The number of hydrogen-bond donors (Lipinski definition) is 2. The first-order chi connectivity index (χ1) is 15.7. The predicted octanol–water partition coefficient (Wildman–Crippen LogP) is 5.55. The molecular weight excluding hydrogens is 458 g/mol. The summed E-state index contributed by atoms with van der Waals surface area (Å²) < 4.78 is 25.7. The van der Waals surface area contributed by atoms with Crippen molar-refractivity contribution in [3.05, 3.63) is 76.7 Å². The fourth-order valence-electron chi connectivity index (χ4n) is 3.49. The minimum absolute atomic E-state index is 0.0516. The average Bonchev–Trinajstić information content (AvgIpc) is 2.77. The molecule has 33 heavy (non-hydrogen) atoms. The molecule has 0 fully saturated rings. The molecular formula is C24H20ClN5O2S. The van der Waals surface area contributed by atoms with Crippen molar-refractivity contribution < 1.29 is 8.42 Å². The Morgan fingerprint density at radius 1 is 1.00 bits per heavy atom. The number of anilines is 3. The van der Waals surface area contributed by atoms with Crippen molar-refractivity contribution in [2.45, 2.75) is 13.8 Å². The number of sulfonamides is 1. The minimum atomic E-state index is -3.52. The van der Waals surface area contributed by atoms with Gasteiger partial charge in [0, 0.05) is 29.0 Å². The standard InChI is InChI=1S/C24H20ClN5O2S/c1-14-5-4-6-20(15(14)2)29-23-18(11-26)13-27-21-8-7-16(9-19(21)23)17-10-22(24(25)28-12-17)30-33(3,31)32/h4-10,12-13,30H,1-3H3,(H,27,29). The molecule has 4 aromatic rings. The molecule has 166 valence electrons. The van der Waals surface area contributed by atoms with Crippen LogP contribution < -0.4 is 10.0 Å². The van der Waals surface area contributed by atoms with Gasteiger partial charge in [-0.05, 0) is 54.8 Å². The summed E-state index contributed by atoms with van der Waals surface area (Å²) in [6, 6.07) is 15.4. The number of nitriles is 1. The Bertz CT molecular complexity index is 1550.